The van der Waals surface area contributed by atoms with Crippen LogP contribution >= 0.6 is 67.6 Å². The molecule has 2 rings (SSSR count). The maximum atomic E-state index is 5.63. The van der Waals surface area contributed by atoms with E-state index in [1.165, 1.54) is 0 Å². The molecule has 126 valence electrons. The molecule has 2 heterocycles. The van der Waals surface area contributed by atoms with E-state index >= 15 is 0 Å². The van der Waals surface area contributed by atoms with Crippen LogP contribution in [0.2, 0.25) is 0 Å². The van der Waals surface area contributed by atoms with E-state index in [9.17, 15) is 0 Å². The molecule has 2 saturated heterocycles. The smallest absolute Gasteiger partial charge is 0.112 e. The molecule has 2 unspecified atom stereocenters. The second-order valence-electron chi connectivity index (χ2n) is 4.58. The summed E-state index contributed by atoms with van der Waals surface area (Å²) in [7, 11) is 6.90. The van der Waals surface area contributed by atoms with E-state index in [4.69, 9.17) is 33.9 Å². The Kier molecular flexibility index (Phi) is 10.7. The quantitative estimate of drug-likeness (QED) is 0.367. The van der Waals surface area contributed by atoms with Gasteiger partial charge in [0.05, 0.1) is 21.6 Å². The van der Waals surface area contributed by atoms with Crippen molar-refractivity contribution in [3.8, 4) is 0 Å². The van der Waals surface area contributed by atoms with Crippen molar-refractivity contribution in [1.29, 1.82) is 0 Å². The van der Waals surface area contributed by atoms with Crippen LogP contribution in [0.5, 0.6) is 0 Å². The maximum absolute atomic E-state index is 5.63. The fraction of sp³-hybridized carbons (Fsp3) is 0.833. The summed E-state index contributed by atoms with van der Waals surface area (Å²) in [6.45, 7) is 5.01. The van der Waals surface area contributed by atoms with E-state index in [0.29, 0.717) is 0 Å². The highest BCUT2D eigenvalue weighted by Gasteiger charge is 2.20. The van der Waals surface area contributed by atoms with E-state index in [2.05, 4.69) is 10.6 Å². The summed E-state index contributed by atoms with van der Waals surface area (Å²) in [5.74, 6) is 2.07. The van der Waals surface area contributed by atoms with Crippen LogP contribution in [0.25, 0.3) is 0 Å². The Balaban J connectivity index is 1.46. The van der Waals surface area contributed by atoms with Gasteiger partial charge >= 0.3 is 0 Å². The summed E-state index contributed by atoms with van der Waals surface area (Å²) in [4.78, 5) is 0. The molecule has 2 fully saturated rings. The predicted octanol–water partition coefficient (Wildman–Crippen LogP) is 2.38. The summed E-state index contributed by atoms with van der Waals surface area (Å²) in [5.41, 5.74) is 0. The van der Waals surface area contributed by atoms with Crippen molar-refractivity contribution in [2.45, 2.75) is 12.2 Å². The Morgan fingerprint density at radius 2 is 1.32 bits per heavy atom. The highest BCUT2D eigenvalue weighted by molar-refractivity contribution is 8.85. The Hall–Kier alpha value is 1.42. The van der Waals surface area contributed by atoms with E-state index < -0.39 is 0 Å². The first-order chi connectivity index (χ1) is 10.8. The molecule has 0 radical (unpaired) electrons. The molecule has 22 heavy (non-hydrogen) atoms. The van der Waals surface area contributed by atoms with Gasteiger partial charge in [-0.05, 0) is 21.6 Å². The fourth-order valence-corrected chi connectivity index (χ4v) is 7.50. The van der Waals surface area contributed by atoms with E-state index in [0.717, 1.165) is 59.3 Å². The molecule has 2 atom stereocenters. The number of thiocarbonyl (C=S) groups is 2. The zero-order valence-corrected chi connectivity index (χ0v) is 17.0. The SMILES string of the molecule is S=C(SSCCSSC(=S)C1CNCCO1)C1CNCCO1. The lowest BCUT2D eigenvalue weighted by Gasteiger charge is -2.23. The molecule has 0 bridgehead atoms. The van der Waals surface area contributed by atoms with Gasteiger partial charge in [0.25, 0.3) is 0 Å². The van der Waals surface area contributed by atoms with Crippen LogP contribution in [0.1, 0.15) is 0 Å². The van der Waals surface area contributed by atoms with Gasteiger partial charge in [0.1, 0.15) is 12.2 Å². The fourth-order valence-electron chi connectivity index (χ4n) is 1.81. The lowest BCUT2D eigenvalue weighted by Crippen LogP contribution is -2.41. The lowest BCUT2D eigenvalue weighted by atomic mass is 10.3. The van der Waals surface area contributed by atoms with E-state index in [1.807, 2.05) is 0 Å². The van der Waals surface area contributed by atoms with Crippen LogP contribution in [0.4, 0.5) is 0 Å². The summed E-state index contributed by atoms with van der Waals surface area (Å²) in [6, 6.07) is 0. The Bertz CT molecular complexity index is 328. The molecule has 0 amide bonds. The molecular formula is C12H20N2O2S6. The standard InChI is InChI=1S/C12H20N2O2S6/c17-11(9-7-13-1-3-15-9)21-19-5-6-20-22-12(18)10-8-14-2-4-16-10/h9-10,13-14H,1-8H2. The Morgan fingerprint density at radius 1 is 0.864 bits per heavy atom. The third-order valence-electron chi connectivity index (χ3n) is 2.91. The molecule has 0 aliphatic carbocycles. The van der Waals surface area contributed by atoms with Crippen LogP contribution in [-0.2, 0) is 9.47 Å². The van der Waals surface area contributed by atoms with Gasteiger partial charge in [0.15, 0.2) is 0 Å². The minimum atomic E-state index is 0.0757. The second kappa shape index (κ2) is 11.9. The van der Waals surface area contributed by atoms with Crippen molar-refractivity contribution in [3.05, 3.63) is 0 Å². The number of rotatable bonds is 7. The number of hydrogen-bond donors (Lipinski definition) is 2. The zero-order valence-electron chi connectivity index (χ0n) is 12.1. The summed E-state index contributed by atoms with van der Waals surface area (Å²) < 4.78 is 13.1. The molecule has 0 spiro atoms. The number of morpholine rings is 2. The van der Waals surface area contributed by atoms with Gasteiger partial charge in [-0.2, -0.15) is 0 Å². The van der Waals surface area contributed by atoms with Gasteiger partial charge in [-0.25, -0.2) is 0 Å². The van der Waals surface area contributed by atoms with Crippen molar-refractivity contribution in [2.24, 2.45) is 0 Å². The maximum Gasteiger partial charge on any atom is 0.112 e. The predicted molar refractivity (Wildman–Crippen MR) is 111 cm³/mol. The highest BCUT2D eigenvalue weighted by atomic mass is 33.1. The van der Waals surface area contributed by atoms with Crippen molar-refractivity contribution in [3.63, 3.8) is 0 Å². The Morgan fingerprint density at radius 3 is 1.68 bits per heavy atom. The van der Waals surface area contributed by atoms with Crippen molar-refractivity contribution >= 4 is 76.0 Å². The molecule has 0 aromatic rings. The summed E-state index contributed by atoms with van der Waals surface area (Å²) >= 11 is 10.8. The first-order valence-electron chi connectivity index (χ1n) is 7.08. The van der Waals surface area contributed by atoms with E-state index in [1.54, 1.807) is 43.2 Å². The normalized spacial score (nSPS) is 25.8. The minimum Gasteiger partial charge on any atom is -0.369 e. The summed E-state index contributed by atoms with van der Waals surface area (Å²) in [5, 5.41) is 6.59. The van der Waals surface area contributed by atoms with Gasteiger partial charge < -0.3 is 20.1 Å². The molecule has 4 nitrogen and oxygen atoms in total. The third kappa shape index (κ3) is 7.54. The minimum absolute atomic E-state index is 0.0757. The number of nitrogens with one attached hydrogen (secondary N) is 2. The van der Waals surface area contributed by atoms with Gasteiger partial charge in [-0.1, -0.05) is 46.0 Å². The van der Waals surface area contributed by atoms with Gasteiger partial charge in [-0.3, -0.25) is 0 Å². The van der Waals surface area contributed by atoms with E-state index in [-0.39, 0.29) is 12.2 Å². The van der Waals surface area contributed by atoms with Crippen molar-refractivity contribution < 1.29 is 9.47 Å². The van der Waals surface area contributed by atoms with Gasteiger partial charge in [0.2, 0.25) is 0 Å². The monoisotopic (exact) mass is 416 g/mol. The molecule has 2 N–H and O–H groups in total. The Labute approximate surface area is 158 Å². The van der Waals surface area contributed by atoms with Crippen molar-refractivity contribution in [2.75, 3.05) is 50.9 Å². The summed E-state index contributed by atoms with van der Waals surface area (Å²) in [6.07, 6.45) is 0.151. The second-order valence-corrected chi connectivity index (χ2v) is 10.9. The molecule has 2 aliphatic heterocycles. The van der Waals surface area contributed by atoms with Crippen LogP contribution in [0, 0.1) is 0 Å². The number of ether oxygens (including phenoxy) is 2. The van der Waals surface area contributed by atoms with Crippen LogP contribution < -0.4 is 10.6 Å². The zero-order chi connectivity index (χ0) is 15.6. The molecular weight excluding hydrogens is 397 g/mol. The number of hydrogen-bond acceptors (Lipinski definition) is 10. The topological polar surface area (TPSA) is 42.5 Å². The lowest BCUT2D eigenvalue weighted by molar-refractivity contribution is 0.0743. The molecule has 0 aromatic heterocycles. The average Bonchev–Trinajstić information content (AvgIpc) is 2.59. The first kappa shape index (κ1) is 19.7. The first-order valence-corrected chi connectivity index (χ1v) is 12.5. The largest absolute Gasteiger partial charge is 0.369 e. The molecule has 10 heteroatoms. The third-order valence-corrected chi connectivity index (χ3v) is 9.45. The van der Waals surface area contributed by atoms with Crippen molar-refractivity contribution in [1.82, 2.24) is 10.6 Å². The molecule has 0 aromatic carbocycles. The van der Waals surface area contributed by atoms with Crippen LogP contribution in [0.3, 0.4) is 0 Å². The van der Waals surface area contributed by atoms with Crippen LogP contribution in [0.15, 0.2) is 0 Å². The average molecular weight is 417 g/mol. The van der Waals surface area contributed by atoms with Crippen LogP contribution in [-0.4, -0.2) is 71.5 Å². The van der Waals surface area contributed by atoms with Gasteiger partial charge in [0, 0.05) is 37.7 Å². The molecule has 2 aliphatic rings. The van der Waals surface area contributed by atoms with Gasteiger partial charge in [-0.15, -0.1) is 0 Å². The molecule has 0 saturated carbocycles. The highest BCUT2D eigenvalue weighted by Crippen LogP contribution is 2.31.